The van der Waals surface area contributed by atoms with Crippen molar-refractivity contribution in [1.82, 2.24) is 9.80 Å². The molecule has 0 radical (unpaired) electrons. The third kappa shape index (κ3) is 2.30. The van der Waals surface area contributed by atoms with Crippen LogP contribution in [0.5, 0.6) is 0 Å². The van der Waals surface area contributed by atoms with Gasteiger partial charge in [-0.1, -0.05) is 12.1 Å². The molecule has 18 heavy (non-hydrogen) atoms. The van der Waals surface area contributed by atoms with Gasteiger partial charge in [0.2, 0.25) is 0 Å². The lowest BCUT2D eigenvalue weighted by atomic mass is 10.1. The predicted octanol–water partition coefficient (Wildman–Crippen LogP) is 2.96. The molecule has 96 valence electrons. The van der Waals surface area contributed by atoms with E-state index in [1.165, 1.54) is 47.4 Å². The third-order valence-corrected chi connectivity index (χ3v) is 4.87. The summed E-state index contributed by atoms with van der Waals surface area (Å²) >= 11 is 1.88. The number of hydrogen-bond acceptors (Lipinski definition) is 3. The molecule has 0 spiro atoms. The molecular weight excluding hydrogens is 240 g/mol. The molecule has 0 saturated carbocycles. The second kappa shape index (κ2) is 5.00. The van der Waals surface area contributed by atoms with Gasteiger partial charge in [0.25, 0.3) is 0 Å². The highest BCUT2D eigenvalue weighted by atomic mass is 32.1. The summed E-state index contributed by atoms with van der Waals surface area (Å²) in [6, 6.07) is 6.62. The van der Waals surface area contributed by atoms with Crippen LogP contribution in [0, 0.1) is 6.92 Å². The molecule has 3 heteroatoms. The van der Waals surface area contributed by atoms with Crippen LogP contribution in [0.2, 0.25) is 0 Å². The Kier molecular flexibility index (Phi) is 3.37. The van der Waals surface area contributed by atoms with E-state index in [2.05, 4.69) is 47.4 Å². The molecule has 0 aliphatic carbocycles. The Morgan fingerprint density at radius 1 is 1.17 bits per heavy atom. The number of benzene rings is 1. The summed E-state index contributed by atoms with van der Waals surface area (Å²) in [5.41, 5.74) is 2.93. The Labute approximate surface area is 113 Å². The van der Waals surface area contributed by atoms with Gasteiger partial charge in [0.1, 0.15) is 0 Å². The average molecular weight is 260 g/mol. The molecule has 0 bridgehead atoms. The van der Waals surface area contributed by atoms with Crippen LogP contribution in [0.4, 0.5) is 0 Å². The van der Waals surface area contributed by atoms with Gasteiger partial charge in [0.05, 0.1) is 0 Å². The lowest BCUT2D eigenvalue weighted by Crippen LogP contribution is -2.43. The van der Waals surface area contributed by atoms with Crippen molar-refractivity contribution in [3.05, 3.63) is 34.7 Å². The lowest BCUT2D eigenvalue weighted by molar-refractivity contribution is 0.148. The van der Waals surface area contributed by atoms with Crippen LogP contribution in [0.15, 0.2) is 23.6 Å². The Balaban J connectivity index is 1.82. The van der Waals surface area contributed by atoms with Gasteiger partial charge in [-0.3, -0.25) is 4.90 Å². The minimum absolute atomic E-state index is 1.11. The van der Waals surface area contributed by atoms with Crippen LogP contribution in [-0.4, -0.2) is 43.0 Å². The number of rotatable bonds is 2. The second-order valence-electron chi connectivity index (χ2n) is 5.29. The summed E-state index contributed by atoms with van der Waals surface area (Å²) in [5, 5.41) is 3.83. The molecule has 1 aliphatic rings. The summed E-state index contributed by atoms with van der Waals surface area (Å²) in [6.45, 7) is 8.11. The van der Waals surface area contributed by atoms with Crippen molar-refractivity contribution >= 4 is 21.4 Å². The van der Waals surface area contributed by atoms with Gasteiger partial charge < -0.3 is 4.90 Å². The number of nitrogens with zero attached hydrogens (tertiary/aromatic N) is 2. The van der Waals surface area contributed by atoms with Gasteiger partial charge >= 0.3 is 0 Å². The maximum atomic E-state index is 2.58. The molecule has 2 aromatic rings. The first-order valence-corrected chi connectivity index (χ1v) is 7.48. The molecule has 0 atom stereocenters. The summed E-state index contributed by atoms with van der Waals surface area (Å²) in [7, 11) is 2.21. The Hall–Kier alpha value is -0.900. The molecule has 0 amide bonds. The molecule has 2 nitrogen and oxygen atoms in total. The van der Waals surface area contributed by atoms with Crippen LogP contribution in [0.1, 0.15) is 11.1 Å². The van der Waals surface area contributed by atoms with Crippen molar-refractivity contribution in [3.63, 3.8) is 0 Å². The van der Waals surface area contributed by atoms with E-state index < -0.39 is 0 Å². The number of aryl methyl sites for hydroxylation is 1. The van der Waals surface area contributed by atoms with Gasteiger partial charge in [-0.15, -0.1) is 11.3 Å². The minimum atomic E-state index is 1.11. The average Bonchev–Trinajstić information content (AvgIpc) is 2.77. The summed E-state index contributed by atoms with van der Waals surface area (Å²) in [4.78, 5) is 4.99. The Bertz CT molecular complexity index is 538. The molecule has 1 aliphatic heterocycles. The molecule has 2 heterocycles. The number of thiophene rings is 1. The van der Waals surface area contributed by atoms with E-state index in [-0.39, 0.29) is 0 Å². The smallest absolute Gasteiger partial charge is 0.0348 e. The first-order chi connectivity index (χ1) is 8.74. The first kappa shape index (κ1) is 12.2. The Morgan fingerprint density at radius 3 is 2.72 bits per heavy atom. The SMILES string of the molecule is Cc1cccc2scc(CN3CCN(C)CC3)c12. The van der Waals surface area contributed by atoms with Gasteiger partial charge in [0.15, 0.2) is 0 Å². The molecule has 1 saturated heterocycles. The van der Waals surface area contributed by atoms with E-state index >= 15 is 0 Å². The van der Waals surface area contributed by atoms with Crippen molar-refractivity contribution < 1.29 is 0 Å². The minimum Gasteiger partial charge on any atom is -0.304 e. The van der Waals surface area contributed by atoms with E-state index in [0.717, 1.165) is 6.54 Å². The van der Waals surface area contributed by atoms with Crippen molar-refractivity contribution in [2.75, 3.05) is 33.2 Å². The Morgan fingerprint density at radius 2 is 1.94 bits per heavy atom. The molecule has 1 aromatic carbocycles. The molecular formula is C15H20N2S. The predicted molar refractivity (Wildman–Crippen MR) is 79.3 cm³/mol. The maximum absolute atomic E-state index is 2.58. The van der Waals surface area contributed by atoms with Crippen LogP contribution in [0.3, 0.4) is 0 Å². The molecule has 1 fully saturated rings. The molecule has 3 rings (SSSR count). The quantitative estimate of drug-likeness (QED) is 0.819. The topological polar surface area (TPSA) is 6.48 Å². The third-order valence-electron chi connectivity index (χ3n) is 3.87. The first-order valence-electron chi connectivity index (χ1n) is 6.60. The molecule has 1 aromatic heterocycles. The lowest BCUT2D eigenvalue weighted by Gasteiger charge is -2.32. The number of piperazine rings is 1. The largest absolute Gasteiger partial charge is 0.304 e. The zero-order valence-corrected chi connectivity index (χ0v) is 12.0. The van der Waals surface area contributed by atoms with Crippen molar-refractivity contribution in [2.45, 2.75) is 13.5 Å². The second-order valence-corrected chi connectivity index (χ2v) is 6.20. The normalized spacial score (nSPS) is 18.6. The van der Waals surface area contributed by atoms with Crippen LogP contribution < -0.4 is 0 Å². The van der Waals surface area contributed by atoms with Gasteiger partial charge in [0, 0.05) is 37.4 Å². The maximum Gasteiger partial charge on any atom is 0.0348 e. The number of hydrogen-bond donors (Lipinski definition) is 0. The summed E-state index contributed by atoms with van der Waals surface area (Å²) in [5.74, 6) is 0. The van der Waals surface area contributed by atoms with E-state index in [1.807, 2.05) is 11.3 Å². The number of fused-ring (bicyclic) bond motifs is 1. The van der Waals surface area contributed by atoms with Gasteiger partial charge in [-0.25, -0.2) is 0 Å². The van der Waals surface area contributed by atoms with Gasteiger partial charge in [-0.05, 0) is 41.9 Å². The van der Waals surface area contributed by atoms with E-state index in [4.69, 9.17) is 0 Å². The van der Waals surface area contributed by atoms with Crippen LogP contribution in [0.25, 0.3) is 10.1 Å². The van der Waals surface area contributed by atoms with E-state index in [1.54, 1.807) is 0 Å². The highest BCUT2D eigenvalue weighted by molar-refractivity contribution is 7.17. The highest BCUT2D eigenvalue weighted by Crippen LogP contribution is 2.29. The van der Waals surface area contributed by atoms with Crippen LogP contribution >= 0.6 is 11.3 Å². The van der Waals surface area contributed by atoms with Crippen molar-refractivity contribution in [3.8, 4) is 0 Å². The van der Waals surface area contributed by atoms with E-state index in [0.29, 0.717) is 0 Å². The fraction of sp³-hybridized carbons (Fsp3) is 0.467. The monoisotopic (exact) mass is 260 g/mol. The van der Waals surface area contributed by atoms with E-state index in [9.17, 15) is 0 Å². The molecule has 0 unspecified atom stereocenters. The van der Waals surface area contributed by atoms with Crippen molar-refractivity contribution in [1.29, 1.82) is 0 Å². The fourth-order valence-electron chi connectivity index (χ4n) is 2.71. The van der Waals surface area contributed by atoms with Gasteiger partial charge in [-0.2, -0.15) is 0 Å². The van der Waals surface area contributed by atoms with Crippen molar-refractivity contribution in [2.24, 2.45) is 0 Å². The van der Waals surface area contributed by atoms with Crippen LogP contribution in [-0.2, 0) is 6.54 Å². The standard InChI is InChI=1S/C15H20N2S/c1-12-4-3-5-14-15(12)13(11-18-14)10-17-8-6-16(2)7-9-17/h3-5,11H,6-10H2,1-2H3. The number of likely N-dealkylation sites (N-methyl/N-ethyl adjacent to an activating group) is 1. The zero-order valence-electron chi connectivity index (χ0n) is 11.1. The summed E-state index contributed by atoms with van der Waals surface area (Å²) < 4.78 is 1.43. The molecule has 0 N–H and O–H groups in total. The fourth-order valence-corrected chi connectivity index (χ4v) is 3.74. The zero-order chi connectivity index (χ0) is 12.5. The highest BCUT2D eigenvalue weighted by Gasteiger charge is 2.16. The summed E-state index contributed by atoms with van der Waals surface area (Å²) in [6.07, 6.45) is 0.